The Morgan fingerprint density at radius 3 is 1.38 bits per heavy atom. The van der Waals surface area contributed by atoms with Crippen molar-refractivity contribution in [2.45, 2.75) is 0 Å². The average molecular weight is 732 g/mol. The van der Waals surface area contributed by atoms with E-state index in [1.807, 2.05) is 11.3 Å². The van der Waals surface area contributed by atoms with E-state index in [9.17, 15) is 0 Å². The molecule has 0 aliphatic rings. The van der Waals surface area contributed by atoms with Gasteiger partial charge in [0.05, 0.1) is 11.4 Å². The molecule has 0 atom stereocenters. The molecule has 0 amide bonds. The summed E-state index contributed by atoms with van der Waals surface area (Å²) < 4.78 is 2.56. The Morgan fingerprint density at radius 2 is 0.732 bits per heavy atom. The zero-order chi connectivity index (χ0) is 37.3. The molecule has 264 valence electrons. The number of rotatable bonds is 8. The van der Waals surface area contributed by atoms with Crippen molar-refractivity contribution < 1.29 is 0 Å². The predicted molar refractivity (Wildman–Crippen MR) is 241 cm³/mol. The highest BCUT2D eigenvalue weighted by molar-refractivity contribution is 7.26. The molecule has 0 radical (unpaired) electrons. The molecule has 0 aliphatic carbocycles. The van der Waals surface area contributed by atoms with E-state index in [2.05, 4.69) is 229 Å². The standard InChI is InChI=1S/C54H37NS/c1-4-19-38(20-5-1)41-35-42(39-21-6-2-7-22-39)37-43(36-41)55(51-32-18-34-53-54(51)49-30-15-17-33-52(49)56-53)50-31-16-14-29-48(50)47-28-13-12-27-46(47)45-26-11-10-25-44(45)40-23-8-3-9-24-40/h1-37H. The molecule has 0 aliphatic heterocycles. The summed E-state index contributed by atoms with van der Waals surface area (Å²) in [4.78, 5) is 2.51. The zero-order valence-corrected chi connectivity index (χ0v) is 31.5. The van der Waals surface area contributed by atoms with Crippen LogP contribution in [0.5, 0.6) is 0 Å². The van der Waals surface area contributed by atoms with Crippen LogP contribution >= 0.6 is 11.3 Å². The van der Waals surface area contributed by atoms with E-state index < -0.39 is 0 Å². The van der Waals surface area contributed by atoms with Crippen LogP contribution in [0.15, 0.2) is 224 Å². The second-order valence-electron chi connectivity index (χ2n) is 14.1. The van der Waals surface area contributed by atoms with E-state index in [1.54, 1.807) is 0 Å². The van der Waals surface area contributed by atoms with Gasteiger partial charge < -0.3 is 4.90 Å². The van der Waals surface area contributed by atoms with Crippen LogP contribution in [0.25, 0.3) is 75.8 Å². The summed E-state index contributed by atoms with van der Waals surface area (Å²) >= 11 is 1.86. The third kappa shape index (κ3) is 6.17. The van der Waals surface area contributed by atoms with Gasteiger partial charge in [0.2, 0.25) is 0 Å². The van der Waals surface area contributed by atoms with Crippen molar-refractivity contribution in [2.75, 3.05) is 4.90 Å². The maximum Gasteiger partial charge on any atom is 0.0555 e. The number of para-hydroxylation sites is 1. The monoisotopic (exact) mass is 731 g/mol. The lowest BCUT2D eigenvalue weighted by atomic mass is 9.88. The molecule has 0 N–H and O–H groups in total. The van der Waals surface area contributed by atoms with Crippen LogP contribution < -0.4 is 4.90 Å². The fraction of sp³-hybridized carbons (Fsp3) is 0. The number of thiophene rings is 1. The highest BCUT2D eigenvalue weighted by Gasteiger charge is 2.24. The van der Waals surface area contributed by atoms with Gasteiger partial charge in [-0.15, -0.1) is 11.3 Å². The molecule has 0 fully saturated rings. The zero-order valence-electron chi connectivity index (χ0n) is 30.7. The van der Waals surface area contributed by atoms with Crippen LogP contribution in [0.4, 0.5) is 17.1 Å². The minimum Gasteiger partial charge on any atom is -0.309 e. The number of fused-ring (bicyclic) bond motifs is 3. The van der Waals surface area contributed by atoms with Crippen LogP contribution in [0.3, 0.4) is 0 Å². The van der Waals surface area contributed by atoms with E-state index >= 15 is 0 Å². The fourth-order valence-electron chi connectivity index (χ4n) is 8.12. The molecule has 10 aromatic rings. The van der Waals surface area contributed by atoms with Crippen molar-refractivity contribution in [2.24, 2.45) is 0 Å². The van der Waals surface area contributed by atoms with Crippen molar-refractivity contribution >= 4 is 48.6 Å². The first kappa shape index (κ1) is 33.6. The van der Waals surface area contributed by atoms with Crippen LogP contribution in [0, 0.1) is 0 Å². The molecular weight excluding hydrogens is 695 g/mol. The Labute approximate surface area is 332 Å². The summed E-state index contributed by atoms with van der Waals surface area (Å²) in [7, 11) is 0. The van der Waals surface area contributed by atoms with Crippen molar-refractivity contribution in [3.63, 3.8) is 0 Å². The highest BCUT2D eigenvalue weighted by Crippen LogP contribution is 2.50. The number of nitrogens with zero attached hydrogens (tertiary/aromatic N) is 1. The maximum atomic E-state index is 2.51. The molecule has 1 heterocycles. The van der Waals surface area contributed by atoms with Gasteiger partial charge in [0.15, 0.2) is 0 Å². The van der Waals surface area contributed by atoms with Crippen molar-refractivity contribution in [3.8, 4) is 55.6 Å². The molecule has 56 heavy (non-hydrogen) atoms. The number of hydrogen-bond acceptors (Lipinski definition) is 2. The summed E-state index contributed by atoms with van der Waals surface area (Å²) in [6.07, 6.45) is 0. The van der Waals surface area contributed by atoms with Gasteiger partial charge >= 0.3 is 0 Å². The lowest BCUT2D eigenvalue weighted by Gasteiger charge is -2.30. The highest BCUT2D eigenvalue weighted by atomic mass is 32.1. The van der Waals surface area contributed by atoms with Gasteiger partial charge in [0.1, 0.15) is 0 Å². The van der Waals surface area contributed by atoms with Crippen LogP contribution in [0.2, 0.25) is 0 Å². The lowest BCUT2D eigenvalue weighted by molar-refractivity contribution is 1.30. The third-order valence-electron chi connectivity index (χ3n) is 10.7. The van der Waals surface area contributed by atoms with Crippen molar-refractivity contribution in [3.05, 3.63) is 224 Å². The summed E-state index contributed by atoms with van der Waals surface area (Å²) in [5.74, 6) is 0. The molecule has 10 rings (SSSR count). The predicted octanol–water partition coefficient (Wildman–Crippen LogP) is 15.9. The van der Waals surface area contributed by atoms with Crippen LogP contribution in [-0.4, -0.2) is 0 Å². The molecule has 0 saturated carbocycles. The summed E-state index contributed by atoms with van der Waals surface area (Å²) in [6.45, 7) is 0. The molecule has 9 aromatic carbocycles. The number of anilines is 3. The van der Waals surface area contributed by atoms with Gasteiger partial charge in [-0.3, -0.25) is 0 Å². The summed E-state index contributed by atoms with van der Waals surface area (Å²) in [5, 5.41) is 2.53. The molecule has 1 aromatic heterocycles. The van der Waals surface area contributed by atoms with Crippen molar-refractivity contribution in [1.29, 1.82) is 0 Å². The minimum absolute atomic E-state index is 1.10. The van der Waals surface area contributed by atoms with Gasteiger partial charge in [-0.1, -0.05) is 182 Å². The van der Waals surface area contributed by atoms with E-state index in [0.29, 0.717) is 0 Å². The van der Waals surface area contributed by atoms with E-state index in [1.165, 1.54) is 70.2 Å². The maximum absolute atomic E-state index is 2.51. The SMILES string of the molecule is c1ccc(-c2cc(-c3ccccc3)cc(N(c3ccccc3-c3ccccc3-c3ccccc3-c3ccccc3)c3cccc4sc5ccccc5c34)c2)cc1. The first-order valence-corrected chi connectivity index (χ1v) is 19.9. The molecule has 0 bridgehead atoms. The smallest absolute Gasteiger partial charge is 0.0555 e. The van der Waals surface area contributed by atoms with Gasteiger partial charge in [0.25, 0.3) is 0 Å². The van der Waals surface area contributed by atoms with Crippen molar-refractivity contribution in [1.82, 2.24) is 0 Å². The molecule has 2 heteroatoms. The summed E-state index contributed by atoms with van der Waals surface area (Å²) in [5.41, 5.74) is 15.2. The summed E-state index contributed by atoms with van der Waals surface area (Å²) in [6, 6.07) is 81.5. The first-order chi connectivity index (χ1) is 27.8. The van der Waals surface area contributed by atoms with Crippen LogP contribution in [-0.2, 0) is 0 Å². The normalized spacial score (nSPS) is 11.2. The molecule has 0 unspecified atom stereocenters. The van der Waals surface area contributed by atoms with Gasteiger partial charge in [-0.2, -0.15) is 0 Å². The quantitative estimate of drug-likeness (QED) is 0.150. The van der Waals surface area contributed by atoms with E-state index in [0.717, 1.165) is 22.6 Å². The Hall–Kier alpha value is -7.00. The minimum atomic E-state index is 1.10. The van der Waals surface area contributed by atoms with E-state index in [-0.39, 0.29) is 0 Å². The fourth-order valence-corrected chi connectivity index (χ4v) is 9.25. The van der Waals surface area contributed by atoms with Crippen LogP contribution in [0.1, 0.15) is 0 Å². The Balaban J connectivity index is 1.27. The first-order valence-electron chi connectivity index (χ1n) is 19.1. The molecule has 0 spiro atoms. The van der Waals surface area contributed by atoms with Gasteiger partial charge in [0, 0.05) is 31.4 Å². The second kappa shape index (κ2) is 14.7. The second-order valence-corrected chi connectivity index (χ2v) is 15.1. The average Bonchev–Trinajstić information content (AvgIpc) is 3.67. The van der Waals surface area contributed by atoms with E-state index in [4.69, 9.17) is 0 Å². The molecule has 1 nitrogen and oxygen atoms in total. The Bertz CT molecular complexity index is 2910. The number of benzene rings is 9. The third-order valence-corrected chi connectivity index (χ3v) is 11.8. The lowest BCUT2D eigenvalue weighted by Crippen LogP contribution is -2.12. The Morgan fingerprint density at radius 1 is 0.286 bits per heavy atom. The Kier molecular flexibility index (Phi) is 8.79. The molecular formula is C54H37NS. The van der Waals surface area contributed by atoms with Gasteiger partial charge in [-0.05, 0) is 92.5 Å². The number of hydrogen-bond donors (Lipinski definition) is 0. The topological polar surface area (TPSA) is 3.24 Å². The van der Waals surface area contributed by atoms with Gasteiger partial charge in [-0.25, -0.2) is 0 Å². The molecule has 0 saturated heterocycles. The largest absolute Gasteiger partial charge is 0.309 e.